The van der Waals surface area contributed by atoms with Gasteiger partial charge in [-0.2, -0.15) is 13.2 Å². The highest BCUT2D eigenvalue weighted by molar-refractivity contribution is 7.92. The second-order valence-electron chi connectivity index (χ2n) is 6.22. The van der Waals surface area contributed by atoms with E-state index in [0.717, 1.165) is 0 Å². The molecule has 0 saturated heterocycles. The molecule has 1 aromatic heterocycles. The number of aliphatic carboxylic acids is 1. The highest BCUT2D eigenvalue weighted by Gasteiger charge is 2.38. The van der Waals surface area contributed by atoms with Gasteiger partial charge < -0.3 is 24.6 Å². The van der Waals surface area contributed by atoms with Crippen molar-refractivity contribution in [1.29, 1.82) is 0 Å². The first-order valence-electron chi connectivity index (χ1n) is 8.59. The molecule has 0 fully saturated rings. The van der Waals surface area contributed by atoms with Crippen molar-refractivity contribution in [3.8, 4) is 11.5 Å². The van der Waals surface area contributed by atoms with Crippen LogP contribution >= 0.6 is 0 Å². The Kier molecular flexibility index (Phi) is 8.86. The van der Waals surface area contributed by atoms with Crippen LogP contribution in [0.2, 0.25) is 0 Å². The van der Waals surface area contributed by atoms with E-state index in [-0.39, 0.29) is 27.7 Å². The molecular weight excluding hydrogens is 475 g/mol. The molecule has 2 rings (SSSR count). The van der Waals surface area contributed by atoms with Crippen LogP contribution in [0.25, 0.3) is 0 Å². The minimum Gasteiger partial charge on any atom is -0.497 e. The molecule has 0 radical (unpaired) electrons. The molecule has 3 N–H and O–H groups in total. The molecule has 0 bridgehead atoms. The van der Waals surface area contributed by atoms with E-state index >= 15 is 0 Å². The molecule has 182 valence electrons. The summed E-state index contributed by atoms with van der Waals surface area (Å²) in [6, 6.07) is 5.53. The summed E-state index contributed by atoms with van der Waals surface area (Å²) in [5, 5.41) is 16.4. The molecule has 33 heavy (non-hydrogen) atoms. The average molecular weight is 495 g/mol. The summed E-state index contributed by atoms with van der Waals surface area (Å²) < 4.78 is 69.6. The lowest BCUT2D eigenvalue weighted by Crippen LogP contribution is -2.21. The molecule has 0 amide bonds. The molecule has 11 nitrogen and oxygen atoms in total. The van der Waals surface area contributed by atoms with Crippen LogP contribution in [0, 0.1) is 0 Å². The van der Waals surface area contributed by atoms with Crippen LogP contribution in [-0.2, 0) is 14.8 Å². The monoisotopic (exact) mass is 495 g/mol. The Morgan fingerprint density at radius 2 is 1.67 bits per heavy atom. The van der Waals surface area contributed by atoms with Crippen LogP contribution < -0.4 is 19.1 Å². The fourth-order valence-electron chi connectivity index (χ4n) is 2.23. The topological polar surface area (TPSA) is 155 Å². The van der Waals surface area contributed by atoms with E-state index in [2.05, 4.69) is 9.71 Å². The summed E-state index contributed by atoms with van der Waals surface area (Å²) in [4.78, 5) is 25.7. The van der Waals surface area contributed by atoms with Crippen LogP contribution in [0.15, 0.2) is 35.4 Å². The van der Waals surface area contributed by atoms with Crippen molar-refractivity contribution < 1.29 is 50.9 Å². The third kappa shape index (κ3) is 7.41. The molecule has 0 atom stereocenters. The van der Waals surface area contributed by atoms with Gasteiger partial charge >= 0.3 is 18.1 Å². The smallest absolute Gasteiger partial charge is 0.490 e. The quantitative estimate of drug-likeness (QED) is 0.521. The van der Waals surface area contributed by atoms with Gasteiger partial charge in [-0.15, -0.1) is 0 Å². The number of anilines is 2. The molecule has 0 spiro atoms. The lowest BCUT2D eigenvalue weighted by Gasteiger charge is -2.16. The summed E-state index contributed by atoms with van der Waals surface area (Å²) in [5.41, 5.74) is -0.120. The standard InChI is InChI=1S/C16H19N3O6S.C2HF3O2/c1-19(2)15-12(16(20)21)7-10(9-17-15)18-26(22,23)14-8-11(24-3)5-6-13(14)25-4;3-2(4,5)1(6)7/h5-9,18H,1-4H3,(H,20,21);(H,6,7). The Morgan fingerprint density at radius 1 is 1.09 bits per heavy atom. The molecule has 0 aliphatic heterocycles. The molecular formula is C18H20F3N3O8S. The second-order valence-corrected chi connectivity index (χ2v) is 7.87. The number of methoxy groups -OCH3 is 2. The first-order valence-corrected chi connectivity index (χ1v) is 10.1. The van der Waals surface area contributed by atoms with Crippen LogP contribution in [0.4, 0.5) is 24.7 Å². The van der Waals surface area contributed by atoms with Crippen molar-refractivity contribution in [2.24, 2.45) is 0 Å². The van der Waals surface area contributed by atoms with Gasteiger partial charge in [0.1, 0.15) is 27.8 Å². The Bertz CT molecular complexity index is 1120. The number of carbonyl (C=O) groups is 2. The number of halogens is 3. The largest absolute Gasteiger partial charge is 0.497 e. The minimum absolute atomic E-state index is 0.0119. The zero-order chi connectivity index (χ0) is 25.6. The number of aromatic carboxylic acids is 1. The number of hydrogen-bond donors (Lipinski definition) is 3. The fourth-order valence-corrected chi connectivity index (χ4v) is 3.45. The Labute approximate surface area is 186 Å². The van der Waals surface area contributed by atoms with Crippen LogP contribution in [-0.4, -0.2) is 70.0 Å². The van der Waals surface area contributed by atoms with E-state index in [1.165, 1.54) is 43.5 Å². The van der Waals surface area contributed by atoms with Gasteiger partial charge in [-0.05, 0) is 18.2 Å². The number of rotatable bonds is 7. The molecule has 0 saturated carbocycles. The minimum atomic E-state index is -5.08. The maximum absolute atomic E-state index is 12.7. The number of hydrogen-bond acceptors (Lipinski definition) is 8. The Hall–Kier alpha value is -3.75. The Balaban J connectivity index is 0.000000675. The molecule has 0 unspecified atom stereocenters. The lowest BCUT2D eigenvalue weighted by atomic mass is 10.2. The molecule has 2 aromatic rings. The number of sulfonamides is 1. The molecule has 0 aliphatic rings. The third-order valence-corrected chi connectivity index (χ3v) is 5.08. The fraction of sp³-hybridized carbons (Fsp3) is 0.278. The van der Waals surface area contributed by atoms with Gasteiger partial charge in [0.05, 0.1) is 26.1 Å². The maximum Gasteiger partial charge on any atom is 0.490 e. The summed E-state index contributed by atoms with van der Waals surface area (Å²) in [6.07, 6.45) is -3.84. The predicted molar refractivity (Wildman–Crippen MR) is 110 cm³/mol. The number of nitrogens with zero attached hydrogens (tertiary/aromatic N) is 2. The van der Waals surface area contributed by atoms with Crippen molar-refractivity contribution in [2.75, 3.05) is 37.9 Å². The van der Waals surface area contributed by atoms with Crippen molar-refractivity contribution in [2.45, 2.75) is 11.1 Å². The summed E-state index contributed by atoms with van der Waals surface area (Å²) >= 11 is 0. The normalized spacial score (nSPS) is 11.0. The van der Waals surface area contributed by atoms with Crippen molar-refractivity contribution in [3.05, 3.63) is 36.0 Å². The predicted octanol–water partition coefficient (Wildman–Crippen LogP) is 2.30. The summed E-state index contributed by atoms with van der Waals surface area (Å²) in [6.45, 7) is 0. The van der Waals surface area contributed by atoms with Gasteiger partial charge in [0, 0.05) is 20.2 Å². The van der Waals surface area contributed by atoms with E-state index in [0.29, 0.717) is 5.75 Å². The zero-order valence-electron chi connectivity index (χ0n) is 17.7. The van der Waals surface area contributed by atoms with Gasteiger partial charge in [-0.25, -0.2) is 23.0 Å². The van der Waals surface area contributed by atoms with Crippen molar-refractivity contribution in [1.82, 2.24) is 4.98 Å². The number of alkyl halides is 3. The lowest BCUT2D eigenvalue weighted by molar-refractivity contribution is -0.192. The molecule has 15 heteroatoms. The van der Waals surface area contributed by atoms with Crippen LogP contribution in [0.3, 0.4) is 0 Å². The SMILES string of the molecule is COc1ccc(OC)c(S(=O)(=O)Nc2cnc(N(C)C)c(C(=O)O)c2)c1.O=C(O)C(F)(F)F. The molecule has 0 aliphatic carbocycles. The number of ether oxygens (including phenoxy) is 2. The van der Waals surface area contributed by atoms with Gasteiger partial charge in [0.25, 0.3) is 10.0 Å². The van der Waals surface area contributed by atoms with E-state index in [4.69, 9.17) is 19.4 Å². The first kappa shape index (κ1) is 27.3. The van der Waals surface area contributed by atoms with Gasteiger partial charge in [0.2, 0.25) is 0 Å². The van der Waals surface area contributed by atoms with Crippen LogP contribution in [0.5, 0.6) is 11.5 Å². The second kappa shape index (κ2) is 10.7. The number of pyridine rings is 1. The van der Waals surface area contributed by atoms with Crippen LogP contribution in [0.1, 0.15) is 10.4 Å². The van der Waals surface area contributed by atoms with E-state index in [1.807, 2.05) is 0 Å². The van der Waals surface area contributed by atoms with E-state index in [1.54, 1.807) is 20.2 Å². The number of aromatic nitrogens is 1. The highest BCUT2D eigenvalue weighted by Crippen LogP contribution is 2.30. The summed E-state index contributed by atoms with van der Waals surface area (Å²) in [7, 11) is 1.97. The third-order valence-electron chi connectivity index (χ3n) is 3.68. The van der Waals surface area contributed by atoms with E-state index in [9.17, 15) is 31.5 Å². The highest BCUT2D eigenvalue weighted by atomic mass is 32.2. The average Bonchev–Trinajstić information content (AvgIpc) is 2.72. The number of benzene rings is 1. The zero-order valence-corrected chi connectivity index (χ0v) is 18.5. The van der Waals surface area contributed by atoms with Gasteiger partial charge in [-0.3, -0.25) is 4.72 Å². The summed E-state index contributed by atoms with van der Waals surface area (Å²) in [5.74, 6) is -3.32. The molecule has 1 heterocycles. The van der Waals surface area contributed by atoms with E-state index < -0.39 is 28.1 Å². The van der Waals surface area contributed by atoms with Gasteiger partial charge in [0.15, 0.2) is 0 Å². The Morgan fingerprint density at radius 3 is 2.09 bits per heavy atom. The molecule has 1 aromatic carbocycles. The maximum atomic E-state index is 12.7. The van der Waals surface area contributed by atoms with Crippen molar-refractivity contribution in [3.63, 3.8) is 0 Å². The number of nitrogens with one attached hydrogen (secondary N) is 1. The number of carboxylic acid groups (broad SMARTS) is 2. The number of carboxylic acids is 2. The van der Waals surface area contributed by atoms with Crippen molar-refractivity contribution >= 4 is 33.5 Å². The van der Waals surface area contributed by atoms with Gasteiger partial charge in [-0.1, -0.05) is 0 Å². The first-order chi connectivity index (χ1) is 15.1.